The van der Waals surface area contributed by atoms with Crippen molar-refractivity contribution in [1.29, 1.82) is 0 Å². The standard InChI is InChI=1S/C25H28FN3O4/c1-3-33-25(31)29-14-12-28(13-15-29)23(30)11-9-20-21-16-18(26)6-10-22(21)27-24(20)17-4-7-19(32-2)8-5-17/h4-8,10,16,27H,3,9,11-15H2,1-2H3. The molecule has 0 saturated carbocycles. The molecule has 33 heavy (non-hydrogen) atoms. The average Bonchev–Trinajstić information content (AvgIpc) is 3.20. The van der Waals surface area contributed by atoms with Gasteiger partial charge in [0.25, 0.3) is 0 Å². The summed E-state index contributed by atoms with van der Waals surface area (Å²) >= 11 is 0. The van der Waals surface area contributed by atoms with Crippen LogP contribution in [0.3, 0.4) is 0 Å². The zero-order valence-corrected chi connectivity index (χ0v) is 18.9. The van der Waals surface area contributed by atoms with Gasteiger partial charge in [-0.05, 0) is 66.9 Å². The van der Waals surface area contributed by atoms with Crippen LogP contribution >= 0.6 is 0 Å². The summed E-state index contributed by atoms with van der Waals surface area (Å²) in [6.45, 7) is 3.98. The van der Waals surface area contributed by atoms with E-state index in [1.165, 1.54) is 12.1 Å². The van der Waals surface area contributed by atoms with E-state index in [2.05, 4.69) is 4.98 Å². The van der Waals surface area contributed by atoms with Crippen molar-refractivity contribution in [1.82, 2.24) is 14.8 Å². The molecule has 0 spiro atoms. The third-order valence-electron chi connectivity index (χ3n) is 5.99. The first-order valence-corrected chi connectivity index (χ1v) is 11.1. The molecule has 1 saturated heterocycles. The summed E-state index contributed by atoms with van der Waals surface area (Å²) in [7, 11) is 1.62. The number of hydrogen-bond donors (Lipinski definition) is 1. The summed E-state index contributed by atoms with van der Waals surface area (Å²) in [6, 6.07) is 12.3. The predicted octanol–water partition coefficient (Wildman–Crippen LogP) is 4.22. The van der Waals surface area contributed by atoms with E-state index in [-0.39, 0.29) is 17.8 Å². The summed E-state index contributed by atoms with van der Waals surface area (Å²) < 4.78 is 24.3. The lowest BCUT2D eigenvalue weighted by molar-refractivity contribution is -0.132. The first kappa shape index (κ1) is 22.6. The van der Waals surface area contributed by atoms with Crippen molar-refractivity contribution < 1.29 is 23.5 Å². The molecule has 7 nitrogen and oxygen atoms in total. The Kier molecular flexibility index (Phi) is 6.82. The second-order valence-electron chi connectivity index (χ2n) is 7.96. The highest BCUT2D eigenvalue weighted by atomic mass is 19.1. The highest BCUT2D eigenvalue weighted by Gasteiger charge is 2.25. The van der Waals surface area contributed by atoms with E-state index in [1.54, 1.807) is 29.9 Å². The summed E-state index contributed by atoms with van der Waals surface area (Å²) in [6.07, 6.45) is 0.433. The van der Waals surface area contributed by atoms with E-state index < -0.39 is 0 Å². The number of aromatic nitrogens is 1. The predicted molar refractivity (Wildman–Crippen MR) is 124 cm³/mol. The molecule has 4 rings (SSSR count). The summed E-state index contributed by atoms with van der Waals surface area (Å²) in [5.41, 5.74) is 3.55. The second-order valence-corrected chi connectivity index (χ2v) is 7.96. The Morgan fingerprint density at radius 2 is 1.73 bits per heavy atom. The van der Waals surface area contributed by atoms with Gasteiger partial charge in [0.2, 0.25) is 5.91 Å². The van der Waals surface area contributed by atoms with Gasteiger partial charge in [-0.25, -0.2) is 9.18 Å². The zero-order valence-electron chi connectivity index (χ0n) is 18.9. The molecule has 0 unspecified atom stereocenters. The number of nitrogens with one attached hydrogen (secondary N) is 1. The van der Waals surface area contributed by atoms with Crippen LogP contribution in [0.1, 0.15) is 18.9 Å². The fourth-order valence-electron chi connectivity index (χ4n) is 4.23. The van der Waals surface area contributed by atoms with Crippen molar-refractivity contribution in [2.75, 3.05) is 39.9 Å². The fourth-order valence-corrected chi connectivity index (χ4v) is 4.23. The number of aromatic amines is 1. The molecular formula is C25H28FN3O4. The Bertz CT molecular complexity index is 1130. The molecule has 174 valence electrons. The molecule has 0 bridgehead atoms. The van der Waals surface area contributed by atoms with Gasteiger partial charge in [0.05, 0.1) is 13.7 Å². The number of aryl methyl sites for hydroxylation is 1. The molecule has 2 aromatic carbocycles. The lowest BCUT2D eigenvalue weighted by Crippen LogP contribution is -2.50. The van der Waals surface area contributed by atoms with Crippen molar-refractivity contribution in [3.63, 3.8) is 0 Å². The molecule has 1 N–H and O–H groups in total. The molecule has 1 aliphatic rings. The maximum absolute atomic E-state index is 14.0. The maximum Gasteiger partial charge on any atom is 0.409 e. The third kappa shape index (κ3) is 4.94. The number of benzene rings is 2. The Labute approximate surface area is 192 Å². The number of hydrogen-bond acceptors (Lipinski definition) is 4. The first-order chi connectivity index (χ1) is 16.0. The zero-order chi connectivity index (χ0) is 23.4. The van der Waals surface area contributed by atoms with Crippen LogP contribution in [-0.4, -0.2) is 66.7 Å². The van der Waals surface area contributed by atoms with E-state index in [0.29, 0.717) is 45.6 Å². The van der Waals surface area contributed by atoms with Gasteiger partial charge < -0.3 is 24.3 Å². The molecule has 1 fully saturated rings. The lowest BCUT2D eigenvalue weighted by Gasteiger charge is -2.34. The number of halogens is 1. The van der Waals surface area contributed by atoms with Crippen LogP contribution in [0.25, 0.3) is 22.2 Å². The molecular weight excluding hydrogens is 425 g/mol. The molecule has 0 atom stereocenters. The molecule has 1 aromatic heterocycles. The number of piperazine rings is 1. The molecule has 0 radical (unpaired) electrons. The van der Waals surface area contributed by atoms with E-state index >= 15 is 0 Å². The smallest absolute Gasteiger partial charge is 0.409 e. The normalized spacial score (nSPS) is 13.9. The summed E-state index contributed by atoms with van der Waals surface area (Å²) in [5, 5.41) is 0.778. The number of rotatable bonds is 6. The lowest BCUT2D eigenvalue weighted by atomic mass is 10.0. The van der Waals surface area contributed by atoms with E-state index in [9.17, 15) is 14.0 Å². The van der Waals surface area contributed by atoms with Gasteiger partial charge in [-0.2, -0.15) is 0 Å². The van der Waals surface area contributed by atoms with Crippen LogP contribution in [0.2, 0.25) is 0 Å². The van der Waals surface area contributed by atoms with E-state index in [1.807, 2.05) is 24.3 Å². The number of ether oxygens (including phenoxy) is 2. The van der Waals surface area contributed by atoms with Crippen LogP contribution in [0.15, 0.2) is 42.5 Å². The number of H-pyrrole nitrogens is 1. The van der Waals surface area contributed by atoms with Crippen molar-refractivity contribution in [3.05, 3.63) is 53.8 Å². The van der Waals surface area contributed by atoms with Gasteiger partial charge in [0.15, 0.2) is 0 Å². The highest BCUT2D eigenvalue weighted by Crippen LogP contribution is 2.33. The Morgan fingerprint density at radius 1 is 1.03 bits per heavy atom. The minimum absolute atomic E-state index is 0.0185. The van der Waals surface area contributed by atoms with Crippen molar-refractivity contribution >= 4 is 22.9 Å². The molecule has 8 heteroatoms. The monoisotopic (exact) mass is 453 g/mol. The quantitative estimate of drug-likeness (QED) is 0.607. The number of carbonyl (C=O) groups is 2. The number of nitrogens with zero attached hydrogens (tertiary/aromatic N) is 2. The molecule has 2 heterocycles. The van der Waals surface area contributed by atoms with Crippen LogP contribution in [0.4, 0.5) is 9.18 Å². The average molecular weight is 454 g/mol. The number of amides is 2. The van der Waals surface area contributed by atoms with E-state index in [4.69, 9.17) is 9.47 Å². The van der Waals surface area contributed by atoms with Crippen molar-refractivity contribution in [2.24, 2.45) is 0 Å². The van der Waals surface area contributed by atoms with Gasteiger partial charge in [0.1, 0.15) is 11.6 Å². The van der Waals surface area contributed by atoms with Crippen LogP contribution in [0.5, 0.6) is 5.75 Å². The Morgan fingerprint density at radius 3 is 2.39 bits per heavy atom. The Hall–Kier alpha value is -3.55. The molecule has 3 aromatic rings. The largest absolute Gasteiger partial charge is 0.497 e. The summed E-state index contributed by atoms with van der Waals surface area (Å²) in [4.78, 5) is 31.6. The minimum atomic E-state index is -0.338. The number of methoxy groups -OCH3 is 1. The fraction of sp³-hybridized carbons (Fsp3) is 0.360. The van der Waals surface area contributed by atoms with Crippen LogP contribution in [0, 0.1) is 5.82 Å². The SMILES string of the molecule is CCOC(=O)N1CCN(C(=O)CCc2c(-c3ccc(OC)cc3)[nH]c3ccc(F)cc23)CC1. The van der Waals surface area contributed by atoms with Gasteiger partial charge in [-0.1, -0.05) is 0 Å². The maximum atomic E-state index is 14.0. The van der Waals surface area contributed by atoms with Gasteiger partial charge in [-0.15, -0.1) is 0 Å². The van der Waals surface area contributed by atoms with E-state index in [0.717, 1.165) is 33.5 Å². The number of fused-ring (bicyclic) bond motifs is 1. The number of carbonyl (C=O) groups excluding carboxylic acids is 2. The topological polar surface area (TPSA) is 74.9 Å². The third-order valence-corrected chi connectivity index (χ3v) is 5.99. The van der Waals surface area contributed by atoms with Crippen LogP contribution < -0.4 is 4.74 Å². The summed E-state index contributed by atoms with van der Waals surface area (Å²) in [5.74, 6) is 0.454. The van der Waals surface area contributed by atoms with Crippen LogP contribution in [-0.2, 0) is 16.0 Å². The van der Waals surface area contributed by atoms with Crippen molar-refractivity contribution in [2.45, 2.75) is 19.8 Å². The highest BCUT2D eigenvalue weighted by molar-refractivity contribution is 5.91. The molecule has 2 amide bonds. The van der Waals surface area contributed by atoms with Gasteiger partial charge in [0, 0.05) is 49.2 Å². The molecule has 0 aliphatic carbocycles. The molecule has 1 aliphatic heterocycles. The van der Waals surface area contributed by atoms with Gasteiger partial charge in [-0.3, -0.25) is 4.79 Å². The van der Waals surface area contributed by atoms with Crippen molar-refractivity contribution in [3.8, 4) is 17.0 Å². The minimum Gasteiger partial charge on any atom is -0.497 e. The van der Waals surface area contributed by atoms with Gasteiger partial charge >= 0.3 is 6.09 Å². The first-order valence-electron chi connectivity index (χ1n) is 11.1. The Balaban J connectivity index is 1.50. The second kappa shape index (κ2) is 9.94.